The molecule has 0 saturated heterocycles. The van der Waals surface area contributed by atoms with Gasteiger partial charge in [0.15, 0.2) is 11.0 Å². The maximum absolute atomic E-state index is 14.5. The number of hydrogen-bond acceptors (Lipinski definition) is 3. The predicted octanol–water partition coefficient (Wildman–Crippen LogP) is 3.72. The number of rotatable bonds is 0. The summed E-state index contributed by atoms with van der Waals surface area (Å²) in [5, 5.41) is 12.7. The van der Waals surface area contributed by atoms with E-state index in [2.05, 4.69) is 10.0 Å². The highest BCUT2D eigenvalue weighted by molar-refractivity contribution is 7.86. The third kappa shape index (κ3) is 3.22. The Morgan fingerprint density at radius 2 is 1.75 bits per heavy atom. The summed E-state index contributed by atoms with van der Waals surface area (Å²) in [6, 6.07) is 12.7. The molecule has 142 valence electrons. The standard InChI is InChI=1S/C20H14F2N2O3S/c21-15-9-16(22)17-8-14(15)13-4-2-1-3-12(13)10-23-20(26)11-5-6-18(25)19(7-11)28(27)24-17/h1-9,24-25H,10H2,(H,23,26). The lowest BCUT2D eigenvalue weighted by Crippen LogP contribution is -2.23. The molecular formula is C20H14F2N2O3S. The maximum atomic E-state index is 14.5. The summed E-state index contributed by atoms with van der Waals surface area (Å²) in [6.45, 7) is 0.105. The smallest absolute Gasteiger partial charge is 0.251 e. The molecule has 4 bridgehead atoms. The largest absolute Gasteiger partial charge is 0.507 e. The average molecular weight is 400 g/mol. The Balaban J connectivity index is 1.94. The molecule has 1 unspecified atom stereocenters. The molecule has 0 aliphatic carbocycles. The van der Waals surface area contributed by atoms with Gasteiger partial charge in [0.2, 0.25) is 0 Å². The number of benzene rings is 3. The lowest BCUT2D eigenvalue weighted by atomic mass is 9.98. The molecule has 0 radical (unpaired) electrons. The van der Waals surface area contributed by atoms with Crippen LogP contribution in [0.15, 0.2) is 59.5 Å². The highest BCUT2D eigenvalue weighted by Crippen LogP contribution is 2.32. The molecule has 5 nitrogen and oxygen atoms in total. The molecule has 28 heavy (non-hydrogen) atoms. The quantitative estimate of drug-likeness (QED) is 0.538. The first-order valence-electron chi connectivity index (χ1n) is 8.31. The molecule has 0 aromatic heterocycles. The van der Waals surface area contributed by atoms with E-state index in [1.807, 2.05) is 0 Å². The van der Waals surface area contributed by atoms with E-state index in [-0.39, 0.29) is 34.0 Å². The molecule has 0 spiro atoms. The first-order chi connectivity index (χ1) is 13.4. The van der Waals surface area contributed by atoms with E-state index >= 15 is 0 Å². The number of anilines is 1. The van der Waals surface area contributed by atoms with Crippen molar-refractivity contribution in [1.82, 2.24) is 5.32 Å². The summed E-state index contributed by atoms with van der Waals surface area (Å²) in [6.07, 6.45) is 0. The topological polar surface area (TPSA) is 78.4 Å². The van der Waals surface area contributed by atoms with Crippen LogP contribution in [0.25, 0.3) is 11.1 Å². The SMILES string of the molecule is O=C1NCc2ccccc2-c2cc(c(F)cc2F)NS(=O)c2cc1ccc2O. The van der Waals surface area contributed by atoms with Crippen molar-refractivity contribution in [2.24, 2.45) is 0 Å². The van der Waals surface area contributed by atoms with Gasteiger partial charge in [-0.05, 0) is 35.4 Å². The van der Waals surface area contributed by atoms with Crippen molar-refractivity contribution in [3.8, 4) is 16.9 Å². The van der Waals surface area contributed by atoms with Crippen molar-refractivity contribution in [3.05, 3.63) is 77.4 Å². The van der Waals surface area contributed by atoms with Crippen LogP contribution in [0.5, 0.6) is 5.75 Å². The van der Waals surface area contributed by atoms with E-state index in [1.165, 1.54) is 24.3 Å². The van der Waals surface area contributed by atoms with Crippen molar-refractivity contribution < 1.29 is 22.9 Å². The van der Waals surface area contributed by atoms with Crippen molar-refractivity contribution in [1.29, 1.82) is 0 Å². The van der Waals surface area contributed by atoms with E-state index in [0.29, 0.717) is 17.2 Å². The first-order valence-corrected chi connectivity index (χ1v) is 9.46. The van der Waals surface area contributed by atoms with Crippen molar-refractivity contribution >= 4 is 22.6 Å². The van der Waals surface area contributed by atoms with Gasteiger partial charge in [-0.25, -0.2) is 13.0 Å². The van der Waals surface area contributed by atoms with Crippen LogP contribution in [0, 0.1) is 11.6 Å². The Morgan fingerprint density at radius 1 is 0.964 bits per heavy atom. The number of carbonyl (C=O) groups excluding carboxylic acids is 1. The van der Waals surface area contributed by atoms with Crippen LogP contribution in [0.1, 0.15) is 15.9 Å². The van der Waals surface area contributed by atoms with Gasteiger partial charge in [-0.3, -0.25) is 9.52 Å². The predicted molar refractivity (Wildman–Crippen MR) is 101 cm³/mol. The van der Waals surface area contributed by atoms with Gasteiger partial charge in [-0.1, -0.05) is 24.3 Å². The second kappa shape index (κ2) is 7.05. The minimum Gasteiger partial charge on any atom is -0.507 e. The number of carbonyl (C=O) groups is 1. The fraction of sp³-hybridized carbons (Fsp3) is 0.0500. The lowest BCUT2D eigenvalue weighted by molar-refractivity contribution is 0.0950. The minimum atomic E-state index is -2.08. The zero-order valence-electron chi connectivity index (χ0n) is 14.3. The van der Waals surface area contributed by atoms with Crippen LogP contribution >= 0.6 is 0 Å². The van der Waals surface area contributed by atoms with E-state index in [0.717, 1.165) is 0 Å². The summed E-state index contributed by atoms with van der Waals surface area (Å²) in [7, 11) is -2.08. The number of hydrogen-bond donors (Lipinski definition) is 3. The van der Waals surface area contributed by atoms with Gasteiger partial charge in [0, 0.05) is 23.7 Å². The zero-order valence-corrected chi connectivity index (χ0v) is 15.1. The molecule has 1 aliphatic rings. The summed E-state index contributed by atoms with van der Waals surface area (Å²) in [5.41, 5.74) is 1.20. The normalized spacial score (nSPS) is 15.9. The Kier molecular flexibility index (Phi) is 4.56. The molecule has 8 heteroatoms. The van der Waals surface area contributed by atoms with Crippen LogP contribution in [-0.2, 0) is 17.5 Å². The molecule has 3 aromatic rings. The molecule has 1 heterocycles. The summed E-state index contributed by atoms with van der Waals surface area (Å²) >= 11 is 0. The first kappa shape index (κ1) is 18.1. The minimum absolute atomic E-state index is 0.0883. The van der Waals surface area contributed by atoms with Gasteiger partial charge in [0.05, 0.1) is 5.69 Å². The number of fused-ring (bicyclic) bond motifs is 6. The van der Waals surface area contributed by atoms with Crippen LogP contribution in [0.4, 0.5) is 14.5 Å². The second-order valence-corrected chi connectivity index (χ2v) is 7.39. The van der Waals surface area contributed by atoms with Gasteiger partial charge in [-0.2, -0.15) is 0 Å². The summed E-state index contributed by atoms with van der Waals surface area (Å²) in [4.78, 5) is 12.4. The van der Waals surface area contributed by atoms with Crippen molar-refractivity contribution in [2.45, 2.75) is 11.4 Å². The van der Waals surface area contributed by atoms with Gasteiger partial charge in [-0.15, -0.1) is 0 Å². The van der Waals surface area contributed by atoms with Gasteiger partial charge < -0.3 is 10.4 Å². The van der Waals surface area contributed by atoms with Crippen LogP contribution in [-0.4, -0.2) is 15.2 Å². The molecule has 0 saturated carbocycles. The van der Waals surface area contributed by atoms with Gasteiger partial charge in [0.25, 0.3) is 5.91 Å². The summed E-state index contributed by atoms with van der Waals surface area (Å²) < 4.78 is 43.9. The molecule has 0 fully saturated rings. The number of aromatic hydroxyl groups is 1. The third-order valence-corrected chi connectivity index (χ3v) is 5.56. The number of amides is 1. The second-order valence-electron chi connectivity index (χ2n) is 6.21. The van der Waals surface area contributed by atoms with Crippen molar-refractivity contribution in [3.63, 3.8) is 0 Å². The summed E-state index contributed by atoms with van der Waals surface area (Å²) in [5.74, 6) is -2.48. The maximum Gasteiger partial charge on any atom is 0.251 e. The van der Waals surface area contributed by atoms with Gasteiger partial charge >= 0.3 is 0 Å². The molecule has 1 amide bonds. The Hall–Kier alpha value is -3.26. The molecule has 3 aromatic carbocycles. The van der Waals surface area contributed by atoms with E-state index in [1.54, 1.807) is 24.3 Å². The molecule has 4 rings (SSSR count). The number of nitrogens with one attached hydrogen (secondary N) is 2. The lowest BCUT2D eigenvalue weighted by Gasteiger charge is -2.13. The number of halogens is 2. The average Bonchev–Trinajstić information content (AvgIpc) is 2.68. The Labute approximate surface area is 161 Å². The third-order valence-electron chi connectivity index (χ3n) is 4.43. The van der Waals surface area contributed by atoms with Crippen LogP contribution in [0.2, 0.25) is 0 Å². The van der Waals surface area contributed by atoms with Crippen LogP contribution in [0.3, 0.4) is 0 Å². The Morgan fingerprint density at radius 3 is 2.57 bits per heavy atom. The fourth-order valence-electron chi connectivity index (χ4n) is 3.01. The fourth-order valence-corrected chi connectivity index (χ4v) is 3.97. The monoisotopic (exact) mass is 400 g/mol. The van der Waals surface area contributed by atoms with E-state index in [4.69, 9.17) is 0 Å². The molecule has 3 N–H and O–H groups in total. The van der Waals surface area contributed by atoms with Gasteiger partial charge in [0.1, 0.15) is 22.3 Å². The molecular weight excluding hydrogens is 386 g/mol. The van der Waals surface area contributed by atoms with Crippen molar-refractivity contribution in [2.75, 3.05) is 4.72 Å². The number of phenolic OH excluding ortho intramolecular Hbond substituents is 1. The molecule has 1 atom stereocenters. The zero-order chi connectivity index (χ0) is 19.8. The van der Waals surface area contributed by atoms with Crippen LogP contribution < -0.4 is 10.0 Å². The molecule has 1 aliphatic heterocycles. The Bertz CT molecular complexity index is 1130. The van der Waals surface area contributed by atoms with E-state index < -0.39 is 28.5 Å². The highest BCUT2D eigenvalue weighted by atomic mass is 32.2. The highest BCUT2D eigenvalue weighted by Gasteiger charge is 2.20. The number of phenols is 1. The van der Waals surface area contributed by atoms with E-state index in [9.17, 15) is 22.9 Å².